The number of anilines is 1. The van der Waals surface area contributed by atoms with E-state index >= 15 is 0 Å². The largest absolute Gasteiger partial charge is 0.346 e. The van der Waals surface area contributed by atoms with Crippen molar-refractivity contribution in [2.24, 2.45) is 0 Å². The number of nitrogens with zero attached hydrogens (tertiary/aromatic N) is 6. The van der Waals surface area contributed by atoms with Crippen LogP contribution in [0.3, 0.4) is 0 Å². The molecular formula is C18H21N7. The number of nitrogens with one attached hydrogen (secondary N) is 1. The molecule has 128 valence electrons. The fourth-order valence-corrected chi connectivity index (χ4v) is 3.23. The van der Waals surface area contributed by atoms with Crippen LogP contribution in [0.25, 0.3) is 11.4 Å². The van der Waals surface area contributed by atoms with Gasteiger partial charge in [-0.25, -0.2) is 15.0 Å². The fourth-order valence-electron chi connectivity index (χ4n) is 3.23. The maximum atomic E-state index is 4.70. The van der Waals surface area contributed by atoms with E-state index in [1.165, 1.54) is 0 Å². The van der Waals surface area contributed by atoms with E-state index in [4.69, 9.17) is 4.98 Å². The molecule has 7 heteroatoms. The summed E-state index contributed by atoms with van der Waals surface area (Å²) in [5.41, 5.74) is 3.78. The van der Waals surface area contributed by atoms with Gasteiger partial charge in [-0.05, 0) is 32.8 Å². The van der Waals surface area contributed by atoms with Gasteiger partial charge in [0, 0.05) is 43.3 Å². The van der Waals surface area contributed by atoms with E-state index in [9.17, 15) is 0 Å². The lowest BCUT2D eigenvalue weighted by Crippen LogP contribution is -2.36. The van der Waals surface area contributed by atoms with Crippen molar-refractivity contribution in [3.63, 3.8) is 0 Å². The smallest absolute Gasteiger partial charge is 0.225 e. The minimum absolute atomic E-state index is 0.380. The fraction of sp³-hybridized carbons (Fsp3) is 0.389. The summed E-state index contributed by atoms with van der Waals surface area (Å²) in [6, 6.07) is 1.87. The van der Waals surface area contributed by atoms with Crippen LogP contribution in [0.15, 0.2) is 30.9 Å². The van der Waals surface area contributed by atoms with Crippen molar-refractivity contribution in [2.75, 3.05) is 18.0 Å². The molecule has 4 heterocycles. The van der Waals surface area contributed by atoms with Crippen LogP contribution in [-0.4, -0.2) is 43.0 Å². The van der Waals surface area contributed by atoms with Gasteiger partial charge >= 0.3 is 0 Å². The summed E-state index contributed by atoms with van der Waals surface area (Å²) in [5, 5.41) is 0. The molecular weight excluding hydrogens is 314 g/mol. The van der Waals surface area contributed by atoms with Crippen LogP contribution in [0.1, 0.15) is 36.0 Å². The second-order valence-electron chi connectivity index (χ2n) is 6.45. The van der Waals surface area contributed by atoms with E-state index in [0.29, 0.717) is 5.92 Å². The Morgan fingerprint density at radius 3 is 2.76 bits per heavy atom. The third-order valence-electron chi connectivity index (χ3n) is 4.71. The highest BCUT2D eigenvalue weighted by Crippen LogP contribution is 2.28. The molecule has 0 amide bonds. The van der Waals surface area contributed by atoms with Crippen molar-refractivity contribution in [3.8, 4) is 11.4 Å². The van der Waals surface area contributed by atoms with E-state index in [-0.39, 0.29) is 0 Å². The predicted octanol–water partition coefficient (Wildman–Crippen LogP) is 2.66. The van der Waals surface area contributed by atoms with E-state index in [1.54, 1.807) is 24.8 Å². The molecule has 1 aliphatic heterocycles. The number of imidazole rings is 1. The Bertz CT molecular complexity index is 839. The lowest BCUT2D eigenvalue weighted by Gasteiger charge is -2.31. The Morgan fingerprint density at radius 1 is 1.08 bits per heavy atom. The number of rotatable bonds is 3. The summed E-state index contributed by atoms with van der Waals surface area (Å²) in [7, 11) is 0. The predicted molar refractivity (Wildman–Crippen MR) is 95.3 cm³/mol. The quantitative estimate of drug-likeness (QED) is 0.792. The number of piperidine rings is 1. The summed E-state index contributed by atoms with van der Waals surface area (Å²) in [5.74, 6) is 2.20. The highest BCUT2D eigenvalue weighted by Gasteiger charge is 2.25. The molecule has 7 nitrogen and oxygen atoms in total. The van der Waals surface area contributed by atoms with Crippen molar-refractivity contribution in [1.29, 1.82) is 0 Å². The van der Waals surface area contributed by atoms with Crippen LogP contribution >= 0.6 is 0 Å². The molecule has 0 spiro atoms. The lowest BCUT2D eigenvalue weighted by molar-refractivity contribution is 0.488. The number of aromatic nitrogens is 6. The molecule has 1 atom stereocenters. The minimum atomic E-state index is 0.380. The first kappa shape index (κ1) is 15.7. The van der Waals surface area contributed by atoms with E-state index in [0.717, 1.165) is 60.5 Å². The van der Waals surface area contributed by atoms with Gasteiger partial charge in [0.2, 0.25) is 5.95 Å². The van der Waals surface area contributed by atoms with Gasteiger partial charge in [-0.3, -0.25) is 9.97 Å². The van der Waals surface area contributed by atoms with Crippen LogP contribution < -0.4 is 4.90 Å². The molecule has 1 N–H and O–H groups in total. The van der Waals surface area contributed by atoms with Gasteiger partial charge in [0.15, 0.2) is 0 Å². The first-order valence-corrected chi connectivity index (χ1v) is 8.58. The molecule has 25 heavy (non-hydrogen) atoms. The second-order valence-corrected chi connectivity index (χ2v) is 6.45. The average molecular weight is 335 g/mol. The summed E-state index contributed by atoms with van der Waals surface area (Å²) >= 11 is 0. The van der Waals surface area contributed by atoms with E-state index in [1.807, 2.05) is 13.0 Å². The van der Waals surface area contributed by atoms with Crippen molar-refractivity contribution >= 4 is 5.95 Å². The minimum Gasteiger partial charge on any atom is -0.346 e. The molecule has 1 aliphatic rings. The Kier molecular flexibility index (Phi) is 4.13. The van der Waals surface area contributed by atoms with Crippen LogP contribution in [0.5, 0.6) is 0 Å². The summed E-state index contributed by atoms with van der Waals surface area (Å²) in [4.78, 5) is 28.0. The van der Waals surface area contributed by atoms with Crippen molar-refractivity contribution in [1.82, 2.24) is 29.9 Å². The number of aromatic amines is 1. The molecule has 1 saturated heterocycles. The molecule has 3 aromatic heterocycles. The number of hydrogen-bond acceptors (Lipinski definition) is 6. The van der Waals surface area contributed by atoms with Crippen LogP contribution in [-0.2, 0) is 0 Å². The van der Waals surface area contributed by atoms with Crippen molar-refractivity contribution in [3.05, 3.63) is 48.1 Å². The summed E-state index contributed by atoms with van der Waals surface area (Å²) < 4.78 is 0. The third kappa shape index (κ3) is 3.22. The Balaban J connectivity index is 1.57. The van der Waals surface area contributed by atoms with Gasteiger partial charge in [-0.2, -0.15) is 0 Å². The first-order chi connectivity index (χ1) is 12.2. The molecule has 1 unspecified atom stereocenters. The molecule has 0 radical (unpaired) electrons. The SMILES string of the molecule is Cc1nc(C2CCCN(c3nccc(-c4cnccn4)n3)C2)[nH]c1C. The number of aryl methyl sites for hydroxylation is 2. The maximum Gasteiger partial charge on any atom is 0.225 e. The van der Waals surface area contributed by atoms with E-state index < -0.39 is 0 Å². The average Bonchev–Trinajstić information content (AvgIpc) is 3.01. The lowest BCUT2D eigenvalue weighted by atomic mass is 9.97. The van der Waals surface area contributed by atoms with Crippen molar-refractivity contribution < 1.29 is 0 Å². The molecule has 4 rings (SSSR count). The first-order valence-electron chi connectivity index (χ1n) is 8.58. The van der Waals surface area contributed by atoms with Crippen LogP contribution in [0.4, 0.5) is 5.95 Å². The van der Waals surface area contributed by atoms with Gasteiger partial charge in [-0.15, -0.1) is 0 Å². The zero-order valence-corrected chi connectivity index (χ0v) is 14.5. The Labute approximate surface area is 146 Å². The Morgan fingerprint density at radius 2 is 2.00 bits per heavy atom. The second kappa shape index (κ2) is 6.58. The molecule has 3 aromatic rings. The van der Waals surface area contributed by atoms with E-state index in [2.05, 4.69) is 36.7 Å². The highest BCUT2D eigenvalue weighted by molar-refractivity contribution is 5.54. The molecule has 0 aromatic carbocycles. The molecule has 0 bridgehead atoms. The zero-order valence-electron chi connectivity index (χ0n) is 14.5. The zero-order chi connectivity index (χ0) is 17.2. The monoisotopic (exact) mass is 335 g/mol. The van der Waals surface area contributed by atoms with Crippen LogP contribution in [0.2, 0.25) is 0 Å². The van der Waals surface area contributed by atoms with Gasteiger partial charge in [0.1, 0.15) is 11.5 Å². The maximum absolute atomic E-state index is 4.70. The Hall–Kier alpha value is -2.83. The van der Waals surface area contributed by atoms with Gasteiger partial charge < -0.3 is 9.88 Å². The highest BCUT2D eigenvalue weighted by atomic mass is 15.3. The number of H-pyrrole nitrogens is 1. The standard InChI is InChI=1S/C18H21N7/c1-12-13(2)23-17(22-12)14-4-3-9-25(11-14)18-21-6-5-15(24-18)16-10-19-7-8-20-16/h5-8,10,14H,3-4,9,11H2,1-2H3,(H,22,23). The van der Waals surface area contributed by atoms with Gasteiger partial charge in [-0.1, -0.05) is 0 Å². The normalized spacial score (nSPS) is 17.7. The third-order valence-corrected chi connectivity index (χ3v) is 4.71. The van der Waals surface area contributed by atoms with Crippen LogP contribution in [0, 0.1) is 13.8 Å². The van der Waals surface area contributed by atoms with Crippen molar-refractivity contribution in [2.45, 2.75) is 32.6 Å². The molecule has 1 fully saturated rings. The summed E-state index contributed by atoms with van der Waals surface area (Å²) in [6.07, 6.45) is 9.08. The van der Waals surface area contributed by atoms with Gasteiger partial charge in [0.05, 0.1) is 17.6 Å². The number of hydrogen-bond donors (Lipinski definition) is 1. The summed E-state index contributed by atoms with van der Waals surface area (Å²) in [6.45, 7) is 5.94. The molecule has 0 aliphatic carbocycles. The molecule has 0 saturated carbocycles. The van der Waals surface area contributed by atoms with Gasteiger partial charge in [0.25, 0.3) is 0 Å². The topological polar surface area (TPSA) is 83.5 Å².